The summed E-state index contributed by atoms with van der Waals surface area (Å²) in [6.07, 6.45) is 2.21. The van der Waals surface area contributed by atoms with Gasteiger partial charge in [-0.05, 0) is 26.7 Å². The molecule has 0 heterocycles. The summed E-state index contributed by atoms with van der Waals surface area (Å²) in [5.41, 5.74) is 0. The summed E-state index contributed by atoms with van der Waals surface area (Å²) >= 11 is 0. The Hall–Kier alpha value is -0.410. The van der Waals surface area contributed by atoms with Crippen molar-refractivity contribution < 1.29 is 9.53 Å². The zero-order chi connectivity index (χ0) is 10.6. The summed E-state index contributed by atoms with van der Waals surface area (Å²) in [5, 5.41) is 0. The van der Waals surface area contributed by atoms with Gasteiger partial charge in [0.1, 0.15) is 5.78 Å². The summed E-state index contributed by atoms with van der Waals surface area (Å²) in [5.74, 6) is 0.786. The third-order valence-corrected chi connectivity index (χ3v) is 2.70. The predicted molar refractivity (Wildman–Crippen MR) is 56.3 cm³/mol. The highest BCUT2D eigenvalue weighted by Gasteiger charge is 2.30. The minimum Gasteiger partial charge on any atom is -0.383 e. The SMILES string of the molecule is COCCN(CC(=O)C1CC1)C(C)C. The fourth-order valence-electron chi connectivity index (χ4n) is 1.46. The smallest absolute Gasteiger partial charge is 0.149 e. The third kappa shape index (κ3) is 3.76. The fraction of sp³-hybridized carbons (Fsp3) is 0.909. The Morgan fingerprint density at radius 2 is 2.14 bits per heavy atom. The van der Waals surface area contributed by atoms with E-state index in [0.717, 1.165) is 19.4 Å². The first-order valence-electron chi connectivity index (χ1n) is 5.41. The van der Waals surface area contributed by atoms with Gasteiger partial charge in [0.15, 0.2) is 0 Å². The number of ketones is 1. The minimum absolute atomic E-state index is 0.374. The first-order chi connectivity index (χ1) is 6.65. The van der Waals surface area contributed by atoms with Crippen LogP contribution in [0.3, 0.4) is 0 Å². The van der Waals surface area contributed by atoms with Crippen LogP contribution in [0.1, 0.15) is 26.7 Å². The minimum atomic E-state index is 0.374. The number of hydrogen-bond acceptors (Lipinski definition) is 3. The largest absolute Gasteiger partial charge is 0.383 e. The molecule has 0 amide bonds. The van der Waals surface area contributed by atoms with Crippen molar-refractivity contribution in [3.63, 3.8) is 0 Å². The lowest BCUT2D eigenvalue weighted by atomic mass is 10.2. The molecule has 14 heavy (non-hydrogen) atoms. The molecule has 3 heteroatoms. The molecular formula is C11H21NO2. The Bertz CT molecular complexity index is 188. The maximum absolute atomic E-state index is 11.6. The summed E-state index contributed by atoms with van der Waals surface area (Å²) < 4.78 is 5.03. The zero-order valence-electron chi connectivity index (χ0n) is 9.45. The lowest BCUT2D eigenvalue weighted by molar-refractivity contribution is -0.122. The Kier molecular flexibility index (Phi) is 4.55. The van der Waals surface area contributed by atoms with Crippen LogP contribution in [-0.4, -0.2) is 43.5 Å². The molecule has 1 fully saturated rings. The number of carbonyl (C=O) groups is 1. The molecule has 0 aromatic heterocycles. The molecular weight excluding hydrogens is 178 g/mol. The average molecular weight is 199 g/mol. The fourth-order valence-corrected chi connectivity index (χ4v) is 1.46. The van der Waals surface area contributed by atoms with Crippen LogP contribution in [0.15, 0.2) is 0 Å². The van der Waals surface area contributed by atoms with Gasteiger partial charge < -0.3 is 4.74 Å². The van der Waals surface area contributed by atoms with E-state index in [2.05, 4.69) is 18.7 Å². The van der Waals surface area contributed by atoms with Crippen molar-refractivity contribution >= 4 is 5.78 Å². The maximum Gasteiger partial charge on any atom is 0.149 e. The van der Waals surface area contributed by atoms with Gasteiger partial charge in [0.25, 0.3) is 0 Å². The molecule has 1 aliphatic carbocycles. The molecule has 0 aromatic rings. The van der Waals surface area contributed by atoms with Crippen LogP contribution in [0.2, 0.25) is 0 Å². The Labute approximate surface area is 86.4 Å². The van der Waals surface area contributed by atoms with Gasteiger partial charge in [-0.25, -0.2) is 0 Å². The highest BCUT2D eigenvalue weighted by Crippen LogP contribution is 2.30. The molecule has 0 N–H and O–H groups in total. The van der Waals surface area contributed by atoms with Crippen LogP contribution in [0.4, 0.5) is 0 Å². The second-order valence-corrected chi connectivity index (χ2v) is 4.30. The van der Waals surface area contributed by atoms with Crippen molar-refractivity contribution in [3.8, 4) is 0 Å². The standard InChI is InChI=1S/C11H21NO2/c1-9(2)12(6-7-14-3)8-11(13)10-4-5-10/h9-10H,4-8H2,1-3H3. The molecule has 0 spiro atoms. The first-order valence-corrected chi connectivity index (χ1v) is 5.41. The van der Waals surface area contributed by atoms with E-state index in [9.17, 15) is 4.79 Å². The third-order valence-electron chi connectivity index (χ3n) is 2.70. The van der Waals surface area contributed by atoms with Crippen molar-refractivity contribution in [2.45, 2.75) is 32.7 Å². The van der Waals surface area contributed by atoms with Crippen molar-refractivity contribution in [1.82, 2.24) is 4.90 Å². The Morgan fingerprint density at radius 3 is 2.57 bits per heavy atom. The molecule has 1 aliphatic rings. The van der Waals surface area contributed by atoms with Crippen molar-refractivity contribution in [2.75, 3.05) is 26.8 Å². The van der Waals surface area contributed by atoms with Crippen molar-refractivity contribution in [2.24, 2.45) is 5.92 Å². The molecule has 0 saturated heterocycles. The molecule has 0 aromatic carbocycles. The number of hydrogen-bond donors (Lipinski definition) is 0. The molecule has 0 aliphatic heterocycles. The summed E-state index contributed by atoms with van der Waals surface area (Å²) in [6, 6.07) is 0.424. The number of rotatable bonds is 7. The van der Waals surface area contributed by atoms with Crippen LogP contribution >= 0.6 is 0 Å². The van der Waals surface area contributed by atoms with Crippen molar-refractivity contribution in [1.29, 1.82) is 0 Å². The van der Waals surface area contributed by atoms with Gasteiger partial charge in [0, 0.05) is 25.6 Å². The van der Waals surface area contributed by atoms with E-state index >= 15 is 0 Å². The molecule has 1 saturated carbocycles. The van der Waals surface area contributed by atoms with E-state index in [1.807, 2.05) is 0 Å². The van der Waals surface area contributed by atoms with Gasteiger partial charge in [0.05, 0.1) is 13.2 Å². The topological polar surface area (TPSA) is 29.5 Å². The quantitative estimate of drug-likeness (QED) is 0.619. The van der Waals surface area contributed by atoms with E-state index in [0.29, 0.717) is 30.9 Å². The number of Topliss-reactive ketones (excluding diaryl/α,β-unsaturated/α-hetero) is 1. The number of ether oxygens (including phenoxy) is 1. The predicted octanol–water partition coefficient (Wildman–Crippen LogP) is 1.32. The summed E-state index contributed by atoms with van der Waals surface area (Å²) in [4.78, 5) is 13.8. The summed E-state index contributed by atoms with van der Waals surface area (Å²) in [7, 11) is 1.70. The van der Waals surface area contributed by atoms with Gasteiger partial charge in [0.2, 0.25) is 0 Å². The van der Waals surface area contributed by atoms with Crippen molar-refractivity contribution in [3.05, 3.63) is 0 Å². The maximum atomic E-state index is 11.6. The number of methoxy groups -OCH3 is 1. The molecule has 0 bridgehead atoms. The second-order valence-electron chi connectivity index (χ2n) is 4.30. The lowest BCUT2D eigenvalue weighted by Gasteiger charge is -2.25. The zero-order valence-corrected chi connectivity index (χ0v) is 9.45. The van der Waals surface area contributed by atoms with E-state index < -0.39 is 0 Å². The van der Waals surface area contributed by atoms with Crippen LogP contribution in [-0.2, 0) is 9.53 Å². The summed E-state index contributed by atoms with van der Waals surface area (Å²) in [6.45, 7) is 6.40. The molecule has 0 unspecified atom stereocenters. The van der Waals surface area contributed by atoms with Gasteiger partial charge in [-0.3, -0.25) is 9.69 Å². The van der Waals surface area contributed by atoms with Gasteiger partial charge >= 0.3 is 0 Å². The van der Waals surface area contributed by atoms with Crippen LogP contribution in [0, 0.1) is 5.92 Å². The highest BCUT2D eigenvalue weighted by molar-refractivity contribution is 5.85. The van der Waals surface area contributed by atoms with E-state index in [-0.39, 0.29) is 0 Å². The molecule has 1 rings (SSSR count). The monoisotopic (exact) mass is 199 g/mol. The van der Waals surface area contributed by atoms with Crippen LogP contribution < -0.4 is 0 Å². The Balaban J connectivity index is 2.29. The van der Waals surface area contributed by atoms with Gasteiger partial charge in [-0.15, -0.1) is 0 Å². The van der Waals surface area contributed by atoms with E-state index in [1.54, 1.807) is 7.11 Å². The lowest BCUT2D eigenvalue weighted by Crippen LogP contribution is -2.38. The molecule has 3 nitrogen and oxygen atoms in total. The Morgan fingerprint density at radius 1 is 1.50 bits per heavy atom. The highest BCUT2D eigenvalue weighted by atomic mass is 16.5. The normalized spacial score (nSPS) is 16.6. The first kappa shape index (κ1) is 11.7. The number of carbonyl (C=O) groups excluding carboxylic acids is 1. The molecule has 82 valence electrons. The van der Waals surface area contributed by atoms with Crippen LogP contribution in [0.5, 0.6) is 0 Å². The number of nitrogens with zero attached hydrogens (tertiary/aromatic N) is 1. The van der Waals surface area contributed by atoms with E-state index in [4.69, 9.17) is 4.74 Å². The van der Waals surface area contributed by atoms with Gasteiger partial charge in [-0.1, -0.05) is 0 Å². The van der Waals surface area contributed by atoms with Gasteiger partial charge in [-0.2, -0.15) is 0 Å². The molecule has 0 radical (unpaired) electrons. The van der Waals surface area contributed by atoms with E-state index in [1.165, 1.54) is 0 Å². The molecule has 0 atom stereocenters. The average Bonchev–Trinajstić information content (AvgIpc) is 2.94. The van der Waals surface area contributed by atoms with Crippen LogP contribution in [0.25, 0.3) is 0 Å². The second kappa shape index (κ2) is 5.47.